The highest BCUT2D eigenvalue weighted by atomic mass is 16.5. The predicted molar refractivity (Wildman–Crippen MR) is 97.6 cm³/mol. The summed E-state index contributed by atoms with van der Waals surface area (Å²) in [6.45, 7) is 0.769. The molecule has 1 spiro atoms. The largest absolute Gasteiger partial charge is 0.368 e. The lowest BCUT2D eigenvalue weighted by Gasteiger charge is -2.47. The van der Waals surface area contributed by atoms with Gasteiger partial charge in [0.15, 0.2) is 0 Å². The number of aryl methyl sites for hydroxylation is 1. The van der Waals surface area contributed by atoms with Crippen LogP contribution in [-0.2, 0) is 29.3 Å². The molecule has 1 aliphatic heterocycles. The molecule has 1 saturated carbocycles. The zero-order valence-electron chi connectivity index (χ0n) is 15.2. The molecule has 4 heterocycles. The van der Waals surface area contributed by atoms with Gasteiger partial charge >= 0.3 is 0 Å². The molecule has 0 aromatic carbocycles. The average molecular weight is 352 g/mol. The van der Waals surface area contributed by atoms with E-state index in [1.807, 2.05) is 31.0 Å². The Balaban J connectivity index is 1.53. The predicted octanol–water partition coefficient (Wildman–Crippen LogP) is 2.15. The number of nitrogens with zero attached hydrogens (tertiary/aromatic N) is 4. The molecule has 1 aliphatic carbocycles. The highest BCUT2D eigenvalue weighted by Gasteiger charge is 2.49. The zero-order valence-corrected chi connectivity index (χ0v) is 15.2. The number of hydrogen-bond donors (Lipinski definition) is 2. The van der Waals surface area contributed by atoms with Crippen LogP contribution >= 0.6 is 0 Å². The Hall–Kier alpha value is -2.25. The van der Waals surface area contributed by atoms with Gasteiger partial charge in [0, 0.05) is 18.6 Å². The van der Waals surface area contributed by atoms with Crippen molar-refractivity contribution in [2.45, 2.75) is 43.2 Å². The quantitative estimate of drug-likeness (QED) is 0.739. The molecule has 5 rings (SSSR count). The van der Waals surface area contributed by atoms with Crippen LogP contribution in [-0.4, -0.2) is 38.4 Å². The Bertz CT molecular complexity index is 950. The van der Waals surface area contributed by atoms with Gasteiger partial charge in [-0.2, -0.15) is 5.10 Å². The fourth-order valence-electron chi connectivity index (χ4n) is 4.94. The number of pyridine rings is 1. The molecule has 0 bridgehead atoms. The van der Waals surface area contributed by atoms with Gasteiger partial charge in [0.05, 0.1) is 17.8 Å². The third-order valence-corrected chi connectivity index (χ3v) is 6.39. The van der Waals surface area contributed by atoms with E-state index in [0.717, 1.165) is 50.2 Å². The molecule has 0 unspecified atom stereocenters. The van der Waals surface area contributed by atoms with Crippen LogP contribution in [0.4, 0.5) is 0 Å². The number of aromatic nitrogens is 5. The molecule has 1 fully saturated rings. The van der Waals surface area contributed by atoms with Gasteiger partial charge in [0.1, 0.15) is 23.4 Å². The first-order valence-corrected chi connectivity index (χ1v) is 9.31. The summed E-state index contributed by atoms with van der Waals surface area (Å²) in [7, 11) is 3.98. The first-order valence-electron chi connectivity index (χ1n) is 9.31. The Morgan fingerprint density at radius 2 is 2.08 bits per heavy atom. The van der Waals surface area contributed by atoms with Gasteiger partial charge in [-0.3, -0.25) is 4.68 Å². The Morgan fingerprint density at radius 3 is 2.81 bits per heavy atom. The van der Waals surface area contributed by atoms with Gasteiger partial charge in [0.2, 0.25) is 0 Å². The molecule has 0 radical (unpaired) electrons. The van der Waals surface area contributed by atoms with Crippen molar-refractivity contribution in [3.8, 4) is 0 Å². The van der Waals surface area contributed by atoms with Crippen molar-refractivity contribution in [2.75, 3.05) is 13.7 Å². The zero-order chi connectivity index (χ0) is 17.8. The van der Waals surface area contributed by atoms with E-state index in [1.54, 1.807) is 6.33 Å². The number of hydrogen-bond acceptors (Lipinski definition) is 5. The van der Waals surface area contributed by atoms with E-state index in [9.17, 15) is 0 Å². The molecule has 7 nitrogen and oxygen atoms in total. The number of rotatable bonds is 2. The molecule has 136 valence electrons. The summed E-state index contributed by atoms with van der Waals surface area (Å²) < 4.78 is 8.30. The van der Waals surface area contributed by atoms with Crippen LogP contribution in [0.25, 0.3) is 11.0 Å². The number of nitrogens with one attached hydrogen (secondary N) is 2. The fraction of sp³-hybridized carbons (Fsp3) is 0.526. The molecule has 2 aliphatic rings. The monoisotopic (exact) mass is 352 g/mol. The molecule has 3 aromatic heterocycles. The van der Waals surface area contributed by atoms with Crippen molar-refractivity contribution in [3.63, 3.8) is 0 Å². The summed E-state index contributed by atoms with van der Waals surface area (Å²) in [4.78, 5) is 12.6. The van der Waals surface area contributed by atoms with Gasteiger partial charge < -0.3 is 15.0 Å². The molecular formula is C19H24N6O. The average Bonchev–Trinajstić information content (AvgIpc) is 3.28. The highest BCUT2D eigenvalue weighted by molar-refractivity contribution is 5.82. The third kappa shape index (κ3) is 2.10. The minimum atomic E-state index is -0.243. The molecule has 3 aromatic rings. The van der Waals surface area contributed by atoms with Crippen LogP contribution in [0.1, 0.15) is 42.8 Å². The number of ether oxygens (including phenoxy) is 1. The minimum absolute atomic E-state index is 0.151. The summed E-state index contributed by atoms with van der Waals surface area (Å²) in [5.74, 6) is 1.00. The second kappa shape index (κ2) is 5.62. The molecule has 0 atom stereocenters. The van der Waals surface area contributed by atoms with Crippen molar-refractivity contribution < 1.29 is 4.74 Å². The standard InChI is InChI=1S/C19H24N6O/c1-20-18(17-22-12-23-25(17)2)6-8-19(9-7-18)15-13(5-11-26-19)14-4-3-10-21-16(14)24-15/h3-4,10,12,20H,5-9,11H2,1-2H3,(H,21,24). The number of fused-ring (bicyclic) bond motifs is 4. The maximum Gasteiger partial charge on any atom is 0.146 e. The van der Waals surface area contributed by atoms with Crippen molar-refractivity contribution in [3.05, 3.63) is 41.7 Å². The maximum atomic E-state index is 6.42. The minimum Gasteiger partial charge on any atom is -0.368 e. The lowest BCUT2D eigenvalue weighted by Crippen LogP contribution is -2.50. The first kappa shape index (κ1) is 16.0. The topological polar surface area (TPSA) is 80.6 Å². The fourth-order valence-corrected chi connectivity index (χ4v) is 4.94. The highest BCUT2D eigenvalue weighted by Crippen LogP contribution is 2.50. The van der Waals surface area contributed by atoms with Gasteiger partial charge in [-0.15, -0.1) is 0 Å². The lowest BCUT2D eigenvalue weighted by atomic mass is 9.70. The SMILES string of the molecule is CNC1(c2ncnn2C)CCC2(CC1)OCCc1c2[nH]c2ncccc12. The van der Waals surface area contributed by atoms with Gasteiger partial charge in [0.25, 0.3) is 0 Å². The molecule has 2 N–H and O–H groups in total. The van der Waals surface area contributed by atoms with Crippen LogP contribution in [0.5, 0.6) is 0 Å². The van der Waals surface area contributed by atoms with Crippen molar-refractivity contribution in [2.24, 2.45) is 7.05 Å². The summed E-state index contributed by atoms with van der Waals surface area (Å²) in [6.07, 6.45) is 8.23. The van der Waals surface area contributed by atoms with Gasteiger partial charge in [-0.25, -0.2) is 9.97 Å². The normalized spacial score (nSPS) is 28.5. The van der Waals surface area contributed by atoms with Gasteiger partial charge in [-0.05, 0) is 56.8 Å². The van der Waals surface area contributed by atoms with Crippen LogP contribution < -0.4 is 5.32 Å². The maximum absolute atomic E-state index is 6.42. The van der Waals surface area contributed by atoms with E-state index in [-0.39, 0.29) is 11.1 Å². The van der Waals surface area contributed by atoms with Crippen LogP contribution in [0.15, 0.2) is 24.7 Å². The number of aromatic amines is 1. The smallest absolute Gasteiger partial charge is 0.146 e. The first-order chi connectivity index (χ1) is 12.7. The molecule has 26 heavy (non-hydrogen) atoms. The number of H-pyrrole nitrogens is 1. The van der Waals surface area contributed by atoms with E-state index in [0.29, 0.717) is 0 Å². The molecular weight excluding hydrogens is 328 g/mol. The second-order valence-corrected chi connectivity index (χ2v) is 7.51. The Kier molecular flexibility index (Phi) is 3.45. The van der Waals surface area contributed by atoms with Crippen LogP contribution in [0.2, 0.25) is 0 Å². The van der Waals surface area contributed by atoms with E-state index >= 15 is 0 Å². The lowest BCUT2D eigenvalue weighted by molar-refractivity contribution is -0.102. The summed E-state index contributed by atoms with van der Waals surface area (Å²) in [5.41, 5.74) is 3.20. The summed E-state index contributed by atoms with van der Waals surface area (Å²) in [6, 6.07) is 4.18. The van der Waals surface area contributed by atoms with Crippen molar-refractivity contribution >= 4 is 11.0 Å². The summed E-state index contributed by atoms with van der Waals surface area (Å²) >= 11 is 0. The van der Waals surface area contributed by atoms with Gasteiger partial charge in [-0.1, -0.05) is 0 Å². The van der Waals surface area contributed by atoms with Crippen molar-refractivity contribution in [1.82, 2.24) is 30.0 Å². The van der Waals surface area contributed by atoms with E-state index < -0.39 is 0 Å². The van der Waals surface area contributed by atoms with Crippen LogP contribution in [0, 0.1) is 0 Å². The Morgan fingerprint density at radius 1 is 1.23 bits per heavy atom. The third-order valence-electron chi connectivity index (χ3n) is 6.39. The second-order valence-electron chi connectivity index (χ2n) is 7.51. The summed E-state index contributed by atoms with van der Waals surface area (Å²) in [5, 5.41) is 9.04. The Labute approximate surface area is 152 Å². The molecule has 0 amide bonds. The molecule has 7 heteroatoms. The van der Waals surface area contributed by atoms with E-state index in [1.165, 1.54) is 16.6 Å². The molecule has 0 saturated heterocycles. The van der Waals surface area contributed by atoms with Crippen LogP contribution in [0.3, 0.4) is 0 Å². The van der Waals surface area contributed by atoms with E-state index in [2.05, 4.69) is 31.4 Å². The van der Waals surface area contributed by atoms with E-state index in [4.69, 9.17) is 4.74 Å². The van der Waals surface area contributed by atoms with Crippen molar-refractivity contribution in [1.29, 1.82) is 0 Å².